The Balaban J connectivity index is 2.07. The van der Waals surface area contributed by atoms with Gasteiger partial charge in [0, 0.05) is 23.0 Å². The van der Waals surface area contributed by atoms with Gasteiger partial charge in [0.05, 0.1) is 0 Å². The van der Waals surface area contributed by atoms with Gasteiger partial charge < -0.3 is 4.98 Å². The first-order valence-corrected chi connectivity index (χ1v) is 6.04. The molecule has 0 spiro atoms. The predicted molar refractivity (Wildman–Crippen MR) is 72.2 cm³/mol. The summed E-state index contributed by atoms with van der Waals surface area (Å²) in [5.41, 5.74) is 4.14. The van der Waals surface area contributed by atoms with Crippen molar-refractivity contribution in [3.8, 4) is 0 Å². The molecule has 0 saturated carbocycles. The van der Waals surface area contributed by atoms with Crippen molar-refractivity contribution in [2.24, 2.45) is 0 Å². The number of H-pyrrole nitrogens is 1. The molecule has 0 unspecified atom stereocenters. The van der Waals surface area contributed by atoms with Gasteiger partial charge in [0.2, 0.25) is 0 Å². The second kappa shape index (κ2) is 4.30. The molecule has 3 aromatic rings. The highest BCUT2D eigenvalue weighted by Gasteiger charge is 2.07. The highest BCUT2D eigenvalue weighted by atomic mass is 19.1. The van der Waals surface area contributed by atoms with Gasteiger partial charge >= 0.3 is 0 Å². The predicted octanol–water partition coefficient (Wildman–Crippen LogP) is 4.21. The summed E-state index contributed by atoms with van der Waals surface area (Å²) in [6.45, 7) is 2.03. The fourth-order valence-electron chi connectivity index (χ4n) is 2.36. The molecule has 0 amide bonds. The first kappa shape index (κ1) is 11.0. The lowest BCUT2D eigenvalue weighted by atomic mass is 10.0. The topological polar surface area (TPSA) is 15.8 Å². The van der Waals surface area contributed by atoms with E-state index in [4.69, 9.17) is 0 Å². The van der Waals surface area contributed by atoms with Crippen LogP contribution in [0.4, 0.5) is 4.39 Å². The van der Waals surface area contributed by atoms with Crippen LogP contribution in [0.5, 0.6) is 0 Å². The maximum Gasteiger partial charge on any atom is 0.126 e. The van der Waals surface area contributed by atoms with E-state index in [1.807, 2.05) is 31.2 Å². The molecular weight excluding hydrogens is 225 g/mol. The Bertz CT molecular complexity index is 697. The zero-order chi connectivity index (χ0) is 12.5. The van der Waals surface area contributed by atoms with E-state index >= 15 is 0 Å². The Morgan fingerprint density at radius 3 is 2.61 bits per heavy atom. The third-order valence-corrected chi connectivity index (χ3v) is 3.23. The van der Waals surface area contributed by atoms with Crippen LogP contribution in [0.25, 0.3) is 10.9 Å². The molecule has 2 aromatic carbocycles. The smallest absolute Gasteiger partial charge is 0.126 e. The van der Waals surface area contributed by atoms with Crippen LogP contribution in [-0.2, 0) is 6.42 Å². The fraction of sp³-hybridized carbons (Fsp3) is 0.125. The fourth-order valence-corrected chi connectivity index (χ4v) is 2.36. The molecule has 0 saturated heterocycles. The molecule has 1 heterocycles. The average Bonchev–Trinajstić information content (AvgIpc) is 2.73. The van der Waals surface area contributed by atoms with Crippen LogP contribution in [0.1, 0.15) is 16.8 Å². The number of aromatic amines is 1. The number of benzene rings is 2. The van der Waals surface area contributed by atoms with Crippen LogP contribution in [0.2, 0.25) is 0 Å². The van der Waals surface area contributed by atoms with Gasteiger partial charge in [-0.3, -0.25) is 0 Å². The zero-order valence-electron chi connectivity index (χ0n) is 10.2. The van der Waals surface area contributed by atoms with Crippen molar-refractivity contribution in [2.75, 3.05) is 0 Å². The Morgan fingerprint density at radius 2 is 1.78 bits per heavy atom. The number of hydrogen-bond acceptors (Lipinski definition) is 0. The van der Waals surface area contributed by atoms with Crippen molar-refractivity contribution in [2.45, 2.75) is 13.3 Å². The standard InChI is InChI=1S/C16H14FN/c1-11-9-14-12(6-4-8-16(14)18-11)10-13-5-2-3-7-15(13)17/h2-9,18H,10H2,1H3. The molecule has 1 nitrogen and oxygen atoms in total. The molecule has 0 atom stereocenters. The van der Waals surface area contributed by atoms with E-state index < -0.39 is 0 Å². The quantitative estimate of drug-likeness (QED) is 0.689. The second-order valence-electron chi connectivity index (χ2n) is 4.60. The monoisotopic (exact) mass is 239 g/mol. The molecule has 0 bridgehead atoms. The molecule has 0 fully saturated rings. The minimum absolute atomic E-state index is 0.137. The molecule has 3 rings (SSSR count). The van der Waals surface area contributed by atoms with Crippen molar-refractivity contribution < 1.29 is 4.39 Å². The molecule has 0 aliphatic carbocycles. The number of aromatic nitrogens is 1. The van der Waals surface area contributed by atoms with Crippen LogP contribution in [0.15, 0.2) is 48.5 Å². The normalized spacial score (nSPS) is 11.0. The molecule has 0 aliphatic rings. The van der Waals surface area contributed by atoms with Crippen molar-refractivity contribution >= 4 is 10.9 Å². The van der Waals surface area contributed by atoms with Gasteiger partial charge in [-0.15, -0.1) is 0 Å². The number of fused-ring (bicyclic) bond motifs is 1. The van der Waals surface area contributed by atoms with Crippen LogP contribution in [-0.4, -0.2) is 4.98 Å². The van der Waals surface area contributed by atoms with E-state index in [9.17, 15) is 4.39 Å². The van der Waals surface area contributed by atoms with Gasteiger partial charge in [0.1, 0.15) is 5.82 Å². The van der Waals surface area contributed by atoms with Crippen molar-refractivity contribution in [3.63, 3.8) is 0 Å². The number of hydrogen-bond donors (Lipinski definition) is 1. The Hall–Kier alpha value is -2.09. The number of aryl methyl sites for hydroxylation is 1. The summed E-state index contributed by atoms with van der Waals surface area (Å²) < 4.78 is 13.7. The number of rotatable bonds is 2. The minimum Gasteiger partial charge on any atom is -0.359 e. The van der Waals surface area contributed by atoms with E-state index in [1.165, 1.54) is 11.5 Å². The van der Waals surface area contributed by atoms with E-state index in [-0.39, 0.29) is 5.82 Å². The Kier molecular flexibility index (Phi) is 2.63. The number of nitrogens with one attached hydrogen (secondary N) is 1. The van der Waals surface area contributed by atoms with Crippen LogP contribution in [0.3, 0.4) is 0 Å². The summed E-state index contributed by atoms with van der Waals surface area (Å²) in [7, 11) is 0. The molecule has 0 aliphatic heterocycles. The lowest BCUT2D eigenvalue weighted by Gasteiger charge is -2.04. The lowest BCUT2D eigenvalue weighted by Crippen LogP contribution is -1.92. The maximum absolute atomic E-state index is 13.7. The summed E-state index contributed by atoms with van der Waals surface area (Å²) in [6, 6.07) is 15.2. The maximum atomic E-state index is 13.7. The highest BCUT2D eigenvalue weighted by Crippen LogP contribution is 2.23. The number of halogens is 1. The van der Waals surface area contributed by atoms with Crippen LogP contribution >= 0.6 is 0 Å². The molecule has 0 radical (unpaired) electrons. The highest BCUT2D eigenvalue weighted by molar-refractivity contribution is 5.84. The second-order valence-corrected chi connectivity index (χ2v) is 4.60. The van der Waals surface area contributed by atoms with Gasteiger partial charge in [0.25, 0.3) is 0 Å². The molecule has 2 heteroatoms. The Labute approximate surface area is 105 Å². The molecular formula is C16H14FN. The van der Waals surface area contributed by atoms with Gasteiger partial charge in [-0.1, -0.05) is 30.3 Å². The summed E-state index contributed by atoms with van der Waals surface area (Å²) in [4.78, 5) is 3.31. The van der Waals surface area contributed by atoms with Gasteiger partial charge in [-0.05, 0) is 36.2 Å². The third-order valence-electron chi connectivity index (χ3n) is 3.23. The first-order valence-electron chi connectivity index (χ1n) is 6.04. The Morgan fingerprint density at radius 1 is 1.00 bits per heavy atom. The lowest BCUT2D eigenvalue weighted by molar-refractivity contribution is 0.614. The van der Waals surface area contributed by atoms with Crippen LogP contribution < -0.4 is 0 Å². The van der Waals surface area contributed by atoms with Gasteiger partial charge in [-0.25, -0.2) is 4.39 Å². The van der Waals surface area contributed by atoms with E-state index in [2.05, 4.69) is 17.1 Å². The van der Waals surface area contributed by atoms with E-state index in [1.54, 1.807) is 6.07 Å². The van der Waals surface area contributed by atoms with E-state index in [0.717, 1.165) is 22.3 Å². The summed E-state index contributed by atoms with van der Waals surface area (Å²) in [5, 5.41) is 1.18. The largest absolute Gasteiger partial charge is 0.359 e. The van der Waals surface area contributed by atoms with Crippen LogP contribution in [0, 0.1) is 12.7 Å². The van der Waals surface area contributed by atoms with Crippen molar-refractivity contribution in [1.82, 2.24) is 4.98 Å². The molecule has 18 heavy (non-hydrogen) atoms. The minimum atomic E-state index is -0.137. The third kappa shape index (κ3) is 1.90. The van der Waals surface area contributed by atoms with Gasteiger partial charge in [-0.2, -0.15) is 0 Å². The summed E-state index contributed by atoms with van der Waals surface area (Å²) >= 11 is 0. The zero-order valence-corrected chi connectivity index (χ0v) is 10.2. The van der Waals surface area contributed by atoms with Gasteiger partial charge in [0.15, 0.2) is 0 Å². The summed E-state index contributed by atoms with van der Waals surface area (Å²) in [6.07, 6.45) is 0.626. The first-order chi connectivity index (χ1) is 8.74. The average molecular weight is 239 g/mol. The molecule has 1 N–H and O–H groups in total. The molecule has 1 aromatic heterocycles. The van der Waals surface area contributed by atoms with Crippen molar-refractivity contribution in [3.05, 3.63) is 71.2 Å². The summed E-state index contributed by atoms with van der Waals surface area (Å²) in [5.74, 6) is -0.137. The van der Waals surface area contributed by atoms with E-state index in [0.29, 0.717) is 6.42 Å². The SMILES string of the molecule is Cc1cc2c(Cc3ccccc3F)cccc2[nH]1. The molecule has 90 valence electrons. The van der Waals surface area contributed by atoms with Crippen molar-refractivity contribution in [1.29, 1.82) is 0 Å².